The summed E-state index contributed by atoms with van der Waals surface area (Å²) in [6.45, 7) is 4.25. The molecule has 0 aromatic carbocycles. The summed E-state index contributed by atoms with van der Waals surface area (Å²) in [4.78, 5) is 17.6. The van der Waals surface area contributed by atoms with Crippen LogP contribution in [0.25, 0.3) is 0 Å². The number of rotatable bonds is 5. The lowest BCUT2D eigenvalue weighted by Gasteiger charge is -2.22. The van der Waals surface area contributed by atoms with E-state index in [-0.39, 0.29) is 5.69 Å². The van der Waals surface area contributed by atoms with Gasteiger partial charge in [-0.25, -0.2) is 4.79 Å². The predicted molar refractivity (Wildman–Crippen MR) is 63.0 cm³/mol. The van der Waals surface area contributed by atoms with Crippen LogP contribution in [0.1, 0.15) is 37.2 Å². The maximum absolute atomic E-state index is 11.4. The van der Waals surface area contributed by atoms with Gasteiger partial charge < -0.3 is 14.1 Å². The first-order valence-electron chi connectivity index (χ1n) is 5.99. The molecule has 1 aliphatic carbocycles. The number of oxazole rings is 1. The zero-order valence-electron chi connectivity index (χ0n) is 10.5. The van der Waals surface area contributed by atoms with Gasteiger partial charge in [0, 0.05) is 13.1 Å². The van der Waals surface area contributed by atoms with Crippen LogP contribution in [-0.4, -0.2) is 30.6 Å². The fraction of sp³-hybridized carbons (Fsp3) is 0.667. The lowest BCUT2D eigenvalue weighted by molar-refractivity contribution is 0.0519. The fourth-order valence-electron chi connectivity index (χ4n) is 1.79. The Bertz CT molecular complexity index is 398. The molecule has 1 aromatic rings. The van der Waals surface area contributed by atoms with Crippen LogP contribution >= 0.6 is 0 Å². The summed E-state index contributed by atoms with van der Waals surface area (Å²) in [5.74, 6) is 0.285. The van der Waals surface area contributed by atoms with E-state index < -0.39 is 5.97 Å². The first-order chi connectivity index (χ1) is 8.13. The normalized spacial score (nSPS) is 16.6. The summed E-state index contributed by atoms with van der Waals surface area (Å²) < 4.78 is 10.2. The molecule has 0 spiro atoms. The van der Waals surface area contributed by atoms with Crippen LogP contribution in [0.15, 0.2) is 10.7 Å². The third-order valence-electron chi connectivity index (χ3n) is 3.19. The molecule has 0 N–H and O–H groups in total. The van der Waals surface area contributed by atoms with Crippen molar-refractivity contribution >= 4 is 12.0 Å². The van der Waals surface area contributed by atoms with Gasteiger partial charge in [-0.05, 0) is 32.6 Å². The van der Waals surface area contributed by atoms with Crippen molar-refractivity contribution in [3.8, 4) is 0 Å². The molecule has 1 fully saturated rings. The Balaban J connectivity index is 2.03. The predicted octanol–water partition coefficient (Wildman–Crippen LogP) is 2.09. The van der Waals surface area contributed by atoms with E-state index in [0.717, 1.165) is 5.92 Å². The molecular formula is C12H18N2O3. The molecule has 1 aromatic heterocycles. The largest absolute Gasteiger partial charge is 0.461 e. The van der Waals surface area contributed by atoms with E-state index in [1.807, 2.05) is 11.9 Å². The highest BCUT2D eigenvalue weighted by Gasteiger charge is 2.32. The smallest absolute Gasteiger partial charge is 0.360 e. The van der Waals surface area contributed by atoms with Gasteiger partial charge in [0.25, 0.3) is 6.01 Å². The molecule has 1 saturated carbocycles. The summed E-state index contributed by atoms with van der Waals surface area (Å²) >= 11 is 0. The number of carbonyl (C=O) groups excluding carboxylic acids is 1. The van der Waals surface area contributed by atoms with E-state index in [0.29, 0.717) is 18.7 Å². The van der Waals surface area contributed by atoms with Crippen molar-refractivity contribution in [3.63, 3.8) is 0 Å². The molecular weight excluding hydrogens is 220 g/mol. The molecule has 0 aliphatic heterocycles. The minimum absolute atomic E-state index is 0.233. The number of ether oxygens (including phenoxy) is 1. The molecule has 5 heteroatoms. The number of esters is 1. The van der Waals surface area contributed by atoms with E-state index in [4.69, 9.17) is 9.15 Å². The number of hydrogen-bond donors (Lipinski definition) is 0. The van der Waals surface area contributed by atoms with Gasteiger partial charge in [0.15, 0.2) is 5.69 Å². The van der Waals surface area contributed by atoms with Gasteiger partial charge in [0.05, 0.1) is 6.61 Å². The van der Waals surface area contributed by atoms with Crippen LogP contribution in [0.2, 0.25) is 0 Å². The SMILES string of the molecule is CCOC(=O)c1coc(N(C)C(C)C2CC2)n1. The zero-order valence-corrected chi connectivity index (χ0v) is 10.5. The second kappa shape index (κ2) is 4.77. The van der Waals surface area contributed by atoms with Crippen molar-refractivity contribution in [1.82, 2.24) is 4.98 Å². The lowest BCUT2D eigenvalue weighted by atomic mass is 10.2. The molecule has 0 amide bonds. The Hall–Kier alpha value is -1.52. The van der Waals surface area contributed by atoms with E-state index in [2.05, 4.69) is 11.9 Å². The molecule has 0 bridgehead atoms. The second-order valence-corrected chi connectivity index (χ2v) is 4.42. The van der Waals surface area contributed by atoms with Gasteiger partial charge in [-0.15, -0.1) is 0 Å². The molecule has 94 valence electrons. The average Bonchev–Trinajstić information content (AvgIpc) is 3.04. The Morgan fingerprint density at radius 2 is 2.41 bits per heavy atom. The van der Waals surface area contributed by atoms with Crippen molar-refractivity contribution in [3.05, 3.63) is 12.0 Å². The van der Waals surface area contributed by atoms with Crippen LogP contribution in [-0.2, 0) is 4.74 Å². The Morgan fingerprint density at radius 1 is 1.71 bits per heavy atom. The molecule has 0 radical (unpaired) electrons. The summed E-state index contributed by atoms with van der Waals surface area (Å²) in [6.07, 6.45) is 3.87. The molecule has 1 aliphatic rings. The van der Waals surface area contributed by atoms with Gasteiger partial charge in [-0.3, -0.25) is 0 Å². The minimum Gasteiger partial charge on any atom is -0.461 e. The molecule has 1 heterocycles. The number of nitrogens with zero attached hydrogens (tertiary/aromatic N) is 2. The number of anilines is 1. The topological polar surface area (TPSA) is 55.6 Å². The van der Waals surface area contributed by atoms with Crippen LogP contribution in [0.3, 0.4) is 0 Å². The number of aromatic nitrogens is 1. The number of carbonyl (C=O) groups is 1. The van der Waals surface area contributed by atoms with Crippen LogP contribution in [0, 0.1) is 5.92 Å². The van der Waals surface area contributed by atoms with Crippen LogP contribution in [0.5, 0.6) is 0 Å². The molecule has 5 nitrogen and oxygen atoms in total. The summed E-state index contributed by atoms with van der Waals surface area (Å²) in [5.41, 5.74) is 0.233. The highest BCUT2D eigenvalue weighted by atomic mass is 16.5. The maximum atomic E-state index is 11.4. The molecule has 17 heavy (non-hydrogen) atoms. The third kappa shape index (κ3) is 2.60. The third-order valence-corrected chi connectivity index (χ3v) is 3.19. The van der Waals surface area contributed by atoms with Crippen molar-refractivity contribution in [2.45, 2.75) is 32.7 Å². The highest BCUT2D eigenvalue weighted by Crippen LogP contribution is 2.35. The van der Waals surface area contributed by atoms with E-state index in [1.54, 1.807) is 6.92 Å². The Kier molecular flexibility index (Phi) is 3.36. The van der Waals surface area contributed by atoms with E-state index in [1.165, 1.54) is 19.1 Å². The summed E-state index contributed by atoms with van der Waals surface area (Å²) in [5, 5.41) is 0. The monoisotopic (exact) mass is 238 g/mol. The average molecular weight is 238 g/mol. The molecule has 0 saturated heterocycles. The van der Waals surface area contributed by atoms with Crippen LogP contribution in [0.4, 0.5) is 6.01 Å². The standard InChI is InChI=1S/C12H18N2O3/c1-4-16-11(15)10-7-17-12(13-10)14(3)8(2)9-5-6-9/h7-9H,4-6H2,1-3H3. The van der Waals surface area contributed by atoms with E-state index in [9.17, 15) is 4.79 Å². The van der Waals surface area contributed by atoms with Gasteiger partial charge in [0.2, 0.25) is 0 Å². The van der Waals surface area contributed by atoms with Crippen molar-refractivity contribution < 1.29 is 13.9 Å². The van der Waals surface area contributed by atoms with Gasteiger partial charge >= 0.3 is 5.97 Å². The quantitative estimate of drug-likeness (QED) is 0.735. The first kappa shape index (κ1) is 12.0. The Labute approximate surface area is 101 Å². The highest BCUT2D eigenvalue weighted by molar-refractivity contribution is 5.87. The zero-order chi connectivity index (χ0) is 12.4. The van der Waals surface area contributed by atoms with Gasteiger partial charge in [0.1, 0.15) is 6.26 Å². The summed E-state index contributed by atoms with van der Waals surface area (Å²) in [6, 6.07) is 0.871. The lowest BCUT2D eigenvalue weighted by Crippen LogP contribution is -2.30. The maximum Gasteiger partial charge on any atom is 0.360 e. The van der Waals surface area contributed by atoms with Gasteiger partial charge in [-0.1, -0.05) is 0 Å². The van der Waals surface area contributed by atoms with Crippen LogP contribution < -0.4 is 4.90 Å². The Morgan fingerprint density at radius 3 is 3.00 bits per heavy atom. The molecule has 1 atom stereocenters. The van der Waals surface area contributed by atoms with Crippen molar-refractivity contribution in [2.24, 2.45) is 5.92 Å². The van der Waals surface area contributed by atoms with Gasteiger partial charge in [-0.2, -0.15) is 4.98 Å². The summed E-state index contributed by atoms with van der Waals surface area (Å²) in [7, 11) is 1.93. The molecule has 2 rings (SSSR count). The van der Waals surface area contributed by atoms with E-state index >= 15 is 0 Å². The number of hydrogen-bond acceptors (Lipinski definition) is 5. The molecule has 1 unspecified atom stereocenters. The minimum atomic E-state index is -0.435. The first-order valence-corrected chi connectivity index (χ1v) is 5.99. The fourth-order valence-corrected chi connectivity index (χ4v) is 1.79. The van der Waals surface area contributed by atoms with Crippen molar-refractivity contribution in [2.75, 3.05) is 18.6 Å². The van der Waals surface area contributed by atoms with Crippen molar-refractivity contribution in [1.29, 1.82) is 0 Å². The second-order valence-electron chi connectivity index (χ2n) is 4.42.